The monoisotopic (exact) mass is 638 g/mol. The molecule has 0 fully saturated rings. The molecule has 202 valence electrons. The quantitative estimate of drug-likeness (QED) is 0.135. The van der Waals surface area contributed by atoms with Crippen molar-refractivity contribution in [2.24, 2.45) is 0 Å². The molecule has 8 nitrogen and oxygen atoms in total. The summed E-state index contributed by atoms with van der Waals surface area (Å²) < 4.78 is 13.9. The van der Waals surface area contributed by atoms with Crippen molar-refractivity contribution < 1.29 is 14.6 Å². The zero-order valence-corrected chi connectivity index (χ0v) is 24.2. The standard InChI is InChI=1S/C30H31IN4O4/c1-30(2,3)39-16-15-38-22-12-9-20(10-13-22)26-28(36)35(29(37)34-26)25(17-19-7-5-4-6-8-19)27-32-23-14-11-21(31)18-24(23)33-27/h4-14,18,25,36H,15-17H2,1-3H3,(H,32,33)(H,34,37)/t25-/m1/s1. The predicted octanol–water partition coefficient (Wildman–Crippen LogP) is 6.06. The Morgan fingerprint density at radius 3 is 2.46 bits per heavy atom. The van der Waals surface area contributed by atoms with Crippen molar-refractivity contribution in [3.8, 4) is 22.9 Å². The summed E-state index contributed by atoms with van der Waals surface area (Å²) >= 11 is 2.26. The minimum atomic E-state index is -0.555. The van der Waals surface area contributed by atoms with E-state index in [-0.39, 0.29) is 11.5 Å². The van der Waals surface area contributed by atoms with Crippen LogP contribution < -0.4 is 10.4 Å². The van der Waals surface area contributed by atoms with E-state index in [4.69, 9.17) is 14.5 Å². The first-order chi connectivity index (χ1) is 18.7. The van der Waals surface area contributed by atoms with E-state index in [1.807, 2.05) is 93.6 Å². The van der Waals surface area contributed by atoms with Crippen LogP contribution >= 0.6 is 22.6 Å². The van der Waals surface area contributed by atoms with Gasteiger partial charge in [0.1, 0.15) is 29.9 Å². The van der Waals surface area contributed by atoms with Gasteiger partial charge in [-0.25, -0.2) is 9.78 Å². The van der Waals surface area contributed by atoms with Crippen LogP contribution in [-0.4, -0.2) is 43.4 Å². The Morgan fingerprint density at radius 1 is 1.00 bits per heavy atom. The van der Waals surface area contributed by atoms with Gasteiger partial charge in [-0.3, -0.25) is 4.57 Å². The van der Waals surface area contributed by atoms with Crippen LogP contribution in [0.4, 0.5) is 0 Å². The molecule has 0 aliphatic rings. The second kappa shape index (κ2) is 11.3. The number of nitrogens with one attached hydrogen (secondary N) is 2. The maximum absolute atomic E-state index is 13.3. The molecule has 2 heterocycles. The van der Waals surface area contributed by atoms with E-state index in [9.17, 15) is 9.90 Å². The van der Waals surface area contributed by atoms with Crippen LogP contribution in [0.3, 0.4) is 0 Å². The van der Waals surface area contributed by atoms with Gasteiger partial charge < -0.3 is 24.5 Å². The van der Waals surface area contributed by atoms with Gasteiger partial charge in [-0.2, -0.15) is 0 Å². The Balaban J connectivity index is 1.45. The number of aromatic nitrogens is 4. The number of rotatable bonds is 9. The second-order valence-electron chi connectivity index (χ2n) is 10.3. The molecule has 0 spiro atoms. The van der Waals surface area contributed by atoms with E-state index in [0.29, 0.717) is 42.5 Å². The molecule has 2 aromatic heterocycles. The lowest BCUT2D eigenvalue weighted by atomic mass is 10.1. The Hall–Kier alpha value is -3.57. The van der Waals surface area contributed by atoms with E-state index in [2.05, 4.69) is 32.6 Å². The molecule has 3 aromatic carbocycles. The molecular weight excluding hydrogens is 607 g/mol. The highest BCUT2D eigenvalue weighted by Crippen LogP contribution is 2.33. The fraction of sp³-hybridized carbons (Fsp3) is 0.267. The van der Waals surface area contributed by atoms with Crippen LogP contribution in [-0.2, 0) is 11.2 Å². The first-order valence-electron chi connectivity index (χ1n) is 12.8. The first-order valence-corrected chi connectivity index (χ1v) is 13.9. The highest BCUT2D eigenvalue weighted by atomic mass is 127. The number of ether oxygens (including phenoxy) is 2. The number of nitrogens with zero attached hydrogens (tertiary/aromatic N) is 2. The summed E-state index contributed by atoms with van der Waals surface area (Å²) in [5.74, 6) is 1.12. The van der Waals surface area contributed by atoms with Crippen LogP contribution in [0.5, 0.6) is 11.6 Å². The van der Waals surface area contributed by atoms with Gasteiger partial charge in [0, 0.05) is 15.6 Å². The van der Waals surface area contributed by atoms with Crippen LogP contribution in [0, 0.1) is 3.57 Å². The van der Waals surface area contributed by atoms with Crippen LogP contribution in [0.2, 0.25) is 0 Å². The van der Waals surface area contributed by atoms with Gasteiger partial charge >= 0.3 is 5.69 Å². The van der Waals surface area contributed by atoms with Gasteiger partial charge in [-0.05, 0) is 91.4 Å². The first kappa shape index (κ1) is 27.0. The zero-order chi connectivity index (χ0) is 27.6. The molecule has 0 radical (unpaired) electrons. The molecule has 5 rings (SSSR count). The normalized spacial score (nSPS) is 12.6. The predicted molar refractivity (Wildman–Crippen MR) is 160 cm³/mol. The number of fused-ring (bicyclic) bond motifs is 1. The van der Waals surface area contributed by atoms with Crippen molar-refractivity contribution in [2.45, 2.75) is 38.8 Å². The smallest absolute Gasteiger partial charge is 0.329 e. The number of imidazole rings is 2. The summed E-state index contributed by atoms with van der Waals surface area (Å²) in [7, 11) is 0. The maximum atomic E-state index is 13.3. The zero-order valence-electron chi connectivity index (χ0n) is 22.1. The number of benzene rings is 3. The number of aromatic hydroxyl groups is 1. The molecule has 0 aliphatic heterocycles. The van der Waals surface area contributed by atoms with E-state index >= 15 is 0 Å². The summed E-state index contributed by atoms with van der Waals surface area (Å²) in [6.45, 7) is 6.90. The van der Waals surface area contributed by atoms with Crippen molar-refractivity contribution in [2.75, 3.05) is 13.2 Å². The number of hydrogen-bond donors (Lipinski definition) is 3. The lowest BCUT2D eigenvalue weighted by Crippen LogP contribution is -2.25. The summed E-state index contributed by atoms with van der Waals surface area (Å²) in [6.07, 6.45) is 0.464. The number of halogens is 1. The number of hydrogen-bond acceptors (Lipinski definition) is 5. The summed E-state index contributed by atoms with van der Waals surface area (Å²) in [6, 6.07) is 22.5. The summed E-state index contributed by atoms with van der Waals surface area (Å²) in [4.78, 5) is 24.3. The van der Waals surface area contributed by atoms with Crippen LogP contribution in [0.1, 0.15) is 38.2 Å². The van der Waals surface area contributed by atoms with Gasteiger partial charge in [0.25, 0.3) is 0 Å². The maximum Gasteiger partial charge on any atom is 0.329 e. The highest BCUT2D eigenvalue weighted by Gasteiger charge is 2.26. The van der Waals surface area contributed by atoms with E-state index in [0.717, 1.165) is 20.2 Å². The fourth-order valence-corrected chi connectivity index (χ4v) is 4.95. The minimum Gasteiger partial charge on any atom is -0.493 e. The number of H-pyrrole nitrogens is 2. The molecule has 5 aromatic rings. The third kappa shape index (κ3) is 6.36. The third-order valence-electron chi connectivity index (χ3n) is 6.29. The molecule has 39 heavy (non-hydrogen) atoms. The van der Waals surface area contributed by atoms with E-state index < -0.39 is 11.7 Å². The van der Waals surface area contributed by atoms with Crippen molar-refractivity contribution in [1.82, 2.24) is 19.5 Å². The molecule has 0 bridgehead atoms. The molecule has 0 saturated heterocycles. The largest absolute Gasteiger partial charge is 0.493 e. The van der Waals surface area contributed by atoms with E-state index in [1.165, 1.54) is 4.57 Å². The topological polar surface area (TPSA) is 105 Å². The second-order valence-corrected chi connectivity index (χ2v) is 11.6. The fourth-order valence-electron chi connectivity index (χ4n) is 4.46. The van der Waals surface area contributed by atoms with E-state index in [1.54, 1.807) is 0 Å². The Bertz CT molecular complexity index is 1620. The average molecular weight is 639 g/mol. The molecule has 9 heteroatoms. The van der Waals surface area contributed by atoms with Crippen molar-refractivity contribution in [3.63, 3.8) is 0 Å². The molecule has 0 aliphatic carbocycles. The Kier molecular flexibility index (Phi) is 7.81. The lowest BCUT2D eigenvalue weighted by Gasteiger charge is -2.19. The minimum absolute atomic E-state index is 0.150. The molecule has 1 atom stereocenters. The molecule has 0 unspecified atom stereocenters. The molecular formula is C30H31IN4O4. The van der Waals surface area contributed by atoms with Gasteiger partial charge in [-0.15, -0.1) is 0 Å². The number of aromatic amines is 2. The molecule has 3 N–H and O–H groups in total. The van der Waals surface area contributed by atoms with Gasteiger partial charge in [0.15, 0.2) is 0 Å². The van der Waals surface area contributed by atoms with Gasteiger partial charge in [-0.1, -0.05) is 30.3 Å². The van der Waals surface area contributed by atoms with Crippen molar-refractivity contribution >= 4 is 33.6 Å². The van der Waals surface area contributed by atoms with Crippen molar-refractivity contribution in [1.29, 1.82) is 0 Å². The van der Waals surface area contributed by atoms with Crippen LogP contribution in [0.15, 0.2) is 77.6 Å². The van der Waals surface area contributed by atoms with Crippen LogP contribution in [0.25, 0.3) is 22.3 Å². The van der Waals surface area contributed by atoms with Gasteiger partial charge in [0.05, 0.1) is 23.2 Å². The third-order valence-corrected chi connectivity index (χ3v) is 6.97. The highest BCUT2D eigenvalue weighted by molar-refractivity contribution is 14.1. The Morgan fingerprint density at radius 2 is 1.74 bits per heavy atom. The Labute approximate surface area is 240 Å². The summed E-state index contributed by atoms with van der Waals surface area (Å²) in [5, 5.41) is 11.4. The molecule has 0 amide bonds. The van der Waals surface area contributed by atoms with Gasteiger partial charge in [0.2, 0.25) is 5.88 Å². The molecule has 0 saturated carbocycles. The van der Waals surface area contributed by atoms with Crippen molar-refractivity contribution in [3.05, 3.63) is 98.2 Å². The lowest BCUT2D eigenvalue weighted by molar-refractivity contribution is -0.0163. The average Bonchev–Trinajstić information content (AvgIpc) is 3.45. The SMILES string of the molecule is CC(C)(C)OCCOc1ccc(-c2[nH]c(=O)n([C@H](Cc3ccccc3)c3nc4ccc(I)cc4[nH]3)c2O)cc1. The summed E-state index contributed by atoms with van der Waals surface area (Å²) in [5.41, 5.74) is 3.06.